The highest BCUT2D eigenvalue weighted by Crippen LogP contribution is 2.27. The molecular weight excluding hydrogens is 338 g/mol. The fourth-order valence-corrected chi connectivity index (χ4v) is 3.79. The Kier molecular flexibility index (Phi) is 5.14. The molecule has 1 saturated heterocycles. The molecule has 1 aliphatic heterocycles. The SMILES string of the molecule is CCNC(=NCc1cc2ccccc2o1)N1CCC(C)C(n2ccnc2)C1. The molecule has 6 nitrogen and oxygen atoms in total. The Bertz CT molecular complexity index is 865. The second-order valence-corrected chi connectivity index (χ2v) is 7.21. The van der Waals surface area contributed by atoms with E-state index in [0.29, 0.717) is 18.5 Å². The minimum absolute atomic E-state index is 0.413. The standard InChI is InChI=1S/C21H27N5O/c1-3-23-21(24-13-18-12-17-6-4-5-7-20(17)27-18)25-10-8-16(2)19(14-25)26-11-9-22-15-26/h4-7,9,11-12,15-16,19H,3,8,10,13-14H2,1-2H3,(H,23,24). The largest absolute Gasteiger partial charge is 0.459 e. The summed E-state index contributed by atoms with van der Waals surface area (Å²) in [7, 11) is 0. The molecule has 2 unspecified atom stereocenters. The first kappa shape index (κ1) is 17.6. The van der Waals surface area contributed by atoms with Crippen LogP contribution in [-0.2, 0) is 6.54 Å². The first-order valence-corrected chi connectivity index (χ1v) is 9.72. The molecule has 2 atom stereocenters. The molecule has 1 aliphatic rings. The summed E-state index contributed by atoms with van der Waals surface area (Å²) in [6, 6.07) is 10.6. The third kappa shape index (κ3) is 3.84. The molecule has 0 saturated carbocycles. The summed E-state index contributed by atoms with van der Waals surface area (Å²) in [6.07, 6.45) is 6.97. The molecule has 27 heavy (non-hydrogen) atoms. The van der Waals surface area contributed by atoms with E-state index in [9.17, 15) is 0 Å². The van der Waals surface area contributed by atoms with Crippen LogP contribution in [0.3, 0.4) is 0 Å². The van der Waals surface area contributed by atoms with E-state index < -0.39 is 0 Å². The van der Waals surface area contributed by atoms with Gasteiger partial charge in [-0.15, -0.1) is 0 Å². The summed E-state index contributed by atoms with van der Waals surface area (Å²) in [5.41, 5.74) is 0.916. The van der Waals surface area contributed by atoms with Crippen molar-refractivity contribution in [1.82, 2.24) is 19.8 Å². The average molecular weight is 365 g/mol. The highest BCUT2D eigenvalue weighted by molar-refractivity contribution is 5.80. The van der Waals surface area contributed by atoms with Gasteiger partial charge in [0.05, 0.1) is 12.4 Å². The van der Waals surface area contributed by atoms with Crippen LogP contribution >= 0.6 is 0 Å². The molecule has 1 fully saturated rings. The Morgan fingerprint density at radius 3 is 3.04 bits per heavy atom. The van der Waals surface area contributed by atoms with Gasteiger partial charge in [0.1, 0.15) is 17.9 Å². The lowest BCUT2D eigenvalue weighted by Gasteiger charge is -2.39. The van der Waals surface area contributed by atoms with Gasteiger partial charge in [0, 0.05) is 37.4 Å². The minimum Gasteiger partial charge on any atom is -0.459 e. The lowest BCUT2D eigenvalue weighted by Crippen LogP contribution is -2.49. The van der Waals surface area contributed by atoms with E-state index in [1.807, 2.05) is 30.7 Å². The predicted octanol–water partition coefficient (Wildman–Crippen LogP) is 3.68. The van der Waals surface area contributed by atoms with Crippen LogP contribution in [0.4, 0.5) is 0 Å². The van der Waals surface area contributed by atoms with Crippen molar-refractivity contribution in [1.29, 1.82) is 0 Å². The maximum atomic E-state index is 5.92. The molecule has 0 amide bonds. The number of furan rings is 1. The van der Waals surface area contributed by atoms with E-state index >= 15 is 0 Å². The number of benzene rings is 1. The summed E-state index contributed by atoms with van der Waals surface area (Å²) in [5.74, 6) is 2.46. The summed E-state index contributed by atoms with van der Waals surface area (Å²) in [5, 5.41) is 4.57. The number of piperidine rings is 1. The third-order valence-corrected chi connectivity index (χ3v) is 5.32. The van der Waals surface area contributed by atoms with Gasteiger partial charge in [-0.05, 0) is 31.4 Å². The van der Waals surface area contributed by atoms with Gasteiger partial charge in [0.15, 0.2) is 5.96 Å². The Morgan fingerprint density at radius 2 is 2.26 bits per heavy atom. The number of guanidine groups is 1. The zero-order valence-electron chi connectivity index (χ0n) is 16.0. The summed E-state index contributed by atoms with van der Waals surface area (Å²) in [6.45, 7) is 7.76. The molecule has 0 bridgehead atoms. The first-order chi connectivity index (χ1) is 13.2. The Morgan fingerprint density at radius 1 is 1.37 bits per heavy atom. The highest BCUT2D eigenvalue weighted by atomic mass is 16.3. The number of likely N-dealkylation sites (tertiary alicyclic amines) is 1. The van der Waals surface area contributed by atoms with E-state index in [2.05, 4.69) is 51.9 Å². The zero-order chi connectivity index (χ0) is 18.6. The Hall–Kier alpha value is -2.76. The molecule has 0 aliphatic carbocycles. The second-order valence-electron chi connectivity index (χ2n) is 7.21. The fourth-order valence-electron chi connectivity index (χ4n) is 3.79. The zero-order valence-corrected chi connectivity index (χ0v) is 16.0. The van der Waals surface area contributed by atoms with Gasteiger partial charge in [-0.3, -0.25) is 0 Å². The Balaban J connectivity index is 1.51. The number of para-hydroxylation sites is 1. The molecule has 1 aromatic carbocycles. The molecule has 3 aromatic rings. The van der Waals surface area contributed by atoms with E-state index in [1.165, 1.54) is 0 Å². The number of aromatic nitrogens is 2. The smallest absolute Gasteiger partial charge is 0.194 e. The lowest BCUT2D eigenvalue weighted by molar-refractivity contribution is 0.189. The van der Waals surface area contributed by atoms with Crippen molar-refractivity contribution in [2.75, 3.05) is 19.6 Å². The first-order valence-electron chi connectivity index (χ1n) is 9.72. The van der Waals surface area contributed by atoms with Crippen molar-refractivity contribution in [3.05, 3.63) is 54.8 Å². The topological polar surface area (TPSA) is 58.6 Å². The van der Waals surface area contributed by atoms with Gasteiger partial charge in [0.2, 0.25) is 0 Å². The maximum Gasteiger partial charge on any atom is 0.194 e. The van der Waals surface area contributed by atoms with Gasteiger partial charge in [-0.1, -0.05) is 25.1 Å². The lowest BCUT2D eigenvalue weighted by atomic mass is 9.93. The number of aliphatic imine (C=N–C) groups is 1. The van der Waals surface area contributed by atoms with Crippen LogP contribution in [-0.4, -0.2) is 40.0 Å². The van der Waals surface area contributed by atoms with Crippen LogP contribution in [0.15, 0.2) is 58.5 Å². The second kappa shape index (κ2) is 7.86. The number of nitrogens with one attached hydrogen (secondary N) is 1. The molecule has 6 heteroatoms. The van der Waals surface area contributed by atoms with Crippen molar-refractivity contribution in [3.8, 4) is 0 Å². The molecule has 4 rings (SSSR count). The van der Waals surface area contributed by atoms with Crippen molar-refractivity contribution < 1.29 is 4.42 Å². The predicted molar refractivity (Wildman–Crippen MR) is 108 cm³/mol. The minimum atomic E-state index is 0.413. The van der Waals surface area contributed by atoms with Crippen LogP contribution < -0.4 is 5.32 Å². The van der Waals surface area contributed by atoms with Crippen LogP contribution in [0.25, 0.3) is 11.0 Å². The number of fused-ring (bicyclic) bond motifs is 1. The van der Waals surface area contributed by atoms with E-state index in [1.54, 1.807) is 0 Å². The monoisotopic (exact) mass is 365 g/mol. The third-order valence-electron chi connectivity index (χ3n) is 5.32. The van der Waals surface area contributed by atoms with Gasteiger partial charge < -0.3 is 19.2 Å². The highest BCUT2D eigenvalue weighted by Gasteiger charge is 2.28. The molecule has 1 N–H and O–H groups in total. The van der Waals surface area contributed by atoms with Crippen molar-refractivity contribution in [3.63, 3.8) is 0 Å². The number of nitrogens with zero attached hydrogens (tertiary/aromatic N) is 4. The van der Waals surface area contributed by atoms with Gasteiger partial charge >= 0.3 is 0 Å². The summed E-state index contributed by atoms with van der Waals surface area (Å²) < 4.78 is 8.14. The molecule has 0 spiro atoms. The number of hydrogen-bond donors (Lipinski definition) is 1. The summed E-state index contributed by atoms with van der Waals surface area (Å²) in [4.78, 5) is 11.4. The number of hydrogen-bond acceptors (Lipinski definition) is 3. The molecule has 0 radical (unpaired) electrons. The van der Waals surface area contributed by atoms with E-state index in [-0.39, 0.29) is 0 Å². The van der Waals surface area contributed by atoms with E-state index in [4.69, 9.17) is 9.41 Å². The quantitative estimate of drug-likeness (QED) is 0.566. The Labute approximate surface area is 159 Å². The van der Waals surface area contributed by atoms with Crippen LogP contribution in [0.5, 0.6) is 0 Å². The fraction of sp³-hybridized carbons (Fsp3) is 0.429. The maximum absolute atomic E-state index is 5.92. The van der Waals surface area contributed by atoms with Crippen molar-refractivity contribution in [2.45, 2.75) is 32.9 Å². The van der Waals surface area contributed by atoms with Crippen LogP contribution in [0, 0.1) is 5.92 Å². The normalized spacial score (nSPS) is 21.0. The molecule has 2 aromatic heterocycles. The number of imidazole rings is 1. The van der Waals surface area contributed by atoms with E-state index in [0.717, 1.165) is 48.7 Å². The average Bonchev–Trinajstić information content (AvgIpc) is 3.35. The van der Waals surface area contributed by atoms with Crippen LogP contribution in [0.2, 0.25) is 0 Å². The van der Waals surface area contributed by atoms with Crippen molar-refractivity contribution >= 4 is 16.9 Å². The van der Waals surface area contributed by atoms with Gasteiger partial charge in [0.25, 0.3) is 0 Å². The molecule has 3 heterocycles. The van der Waals surface area contributed by atoms with Crippen molar-refractivity contribution in [2.24, 2.45) is 10.9 Å². The van der Waals surface area contributed by atoms with Gasteiger partial charge in [-0.25, -0.2) is 9.98 Å². The summed E-state index contributed by atoms with van der Waals surface area (Å²) >= 11 is 0. The number of rotatable bonds is 4. The van der Waals surface area contributed by atoms with Gasteiger partial charge in [-0.2, -0.15) is 0 Å². The molecular formula is C21H27N5O. The molecule has 142 valence electrons. The van der Waals surface area contributed by atoms with Crippen LogP contribution in [0.1, 0.15) is 32.1 Å².